The van der Waals surface area contributed by atoms with Crippen LogP contribution in [-0.4, -0.2) is 35.2 Å². The van der Waals surface area contributed by atoms with Crippen LogP contribution >= 0.6 is 0 Å². The molecule has 0 unspecified atom stereocenters. The number of fused-ring (bicyclic) bond motifs is 1. The zero-order valence-electron chi connectivity index (χ0n) is 14.1. The molecule has 0 spiro atoms. The van der Waals surface area contributed by atoms with E-state index in [1.54, 1.807) is 12.3 Å². The molecule has 0 radical (unpaired) electrons. The first-order valence-electron chi connectivity index (χ1n) is 8.15. The maximum atomic E-state index is 12.0. The molecule has 1 aliphatic rings. The Morgan fingerprint density at radius 3 is 3.04 bits per heavy atom. The zero-order valence-corrected chi connectivity index (χ0v) is 14.1. The average molecular weight is 339 g/mol. The van der Waals surface area contributed by atoms with E-state index in [1.165, 1.54) is 28.2 Å². The SMILES string of the molecule is CN1CCCc2cc(C=CC(=O)Nc3cnn(CC(N)=O)c3)ccc21. The van der Waals surface area contributed by atoms with Crippen molar-refractivity contribution in [2.24, 2.45) is 5.73 Å². The molecule has 3 rings (SSSR count). The van der Waals surface area contributed by atoms with Crippen LogP contribution in [0.4, 0.5) is 11.4 Å². The highest BCUT2D eigenvalue weighted by atomic mass is 16.2. The molecule has 7 nitrogen and oxygen atoms in total. The second-order valence-corrected chi connectivity index (χ2v) is 6.13. The van der Waals surface area contributed by atoms with E-state index in [2.05, 4.69) is 34.5 Å². The van der Waals surface area contributed by atoms with Crippen LogP contribution in [0.15, 0.2) is 36.7 Å². The van der Waals surface area contributed by atoms with Crippen LogP contribution in [0.3, 0.4) is 0 Å². The number of nitrogens with zero attached hydrogens (tertiary/aromatic N) is 3. The number of hydrogen-bond donors (Lipinski definition) is 2. The molecule has 0 saturated heterocycles. The number of aryl methyl sites for hydroxylation is 1. The molecule has 0 saturated carbocycles. The van der Waals surface area contributed by atoms with Crippen LogP contribution in [0.25, 0.3) is 6.08 Å². The summed E-state index contributed by atoms with van der Waals surface area (Å²) in [5, 5.41) is 6.66. The van der Waals surface area contributed by atoms with E-state index in [1.807, 2.05) is 6.07 Å². The van der Waals surface area contributed by atoms with E-state index in [-0.39, 0.29) is 12.5 Å². The molecule has 1 aliphatic heterocycles. The lowest BCUT2D eigenvalue weighted by molar-refractivity contribution is -0.118. The van der Waals surface area contributed by atoms with Gasteiger partial charge in [0.25, 0.3) is 0 Å². The number of aromatic nitrogens is 2. The van der Waals surface area contributed by atoms with Crippen LogP contribution in [-0.2, 0) is 22.6 Å². The number of primary amides is 1. The molecule has 0 aliphatic carbocycles. The summed E-state index contributed by atoms with van der Waals surface area (Å²) >= 11 is 0. The van der Waals surface area contributed by atoms with E-state index in [0.717, 1.165) is 24.9 Å². The topological polar surface area (TPSA) is 93.2 Å². The average Bonchev–Trinajstić information content (AvgIpc) is 2.99. The smallest absolute Gasteiger partial charge is 0.248 e. The molecule has 1 aromatic carbocycles. The molecular weight excluding hydrogens is 318 g/mol. The molecule has 0 bridgehead atoms. The number of rotatable bonds is 5. The van der Waals surface area contributed by atoms with Crippen LogP contribution in [0.1, 0.15) is 17.5 Å². The van der Waals surface area contributed by atoms with E-state index in [9.17, 15) is 9.59 Å². The summed E-state index contributed by atoms with van der Waals surface area (Å²) in [6.45, 7) is 1.06. The lowest BCUT2D eigenvalue weighted by Gasteiger charge is -2.27. The molecule has 0 atom stereocenters. The summed E-state index contributed by atoms with van der Waals surface area (Å²) in [5.74, 6) is -0.743. The van der Waals surface area contributed by atoms with Crippen molar-refractivity contribution in [3.63, 3.8) is 0 Å². The third kappa shape index (κ3) is 4.26. The van der Waals surface area contributed by atoms with Crippen molar-refractivity contribution in [3.05, 3.63) is 47.8 Å². The molecule has 2 aromatic rings. The summed E-state index contributed by atoms with van der Waals surface area (Å²) in [4.78, 5) is 25.1. The monoisotopic (exact) mass is 339 g/mol. The summed E-state index contributed by atoms with van der Waals surface area (Å²) in [5.41, 5.74) is 9.18. The summed E-state index contributed by atoms with van der Waals surface area (Å²) in [7, 11) is 2.10. The minimum Gasteiger partial charge on any atom is -0.374 e. The fraction of sp³-hybridized carbons (Fsp3) is 0.278. The second-order valence-electron chi connectivity index (χ2n) is 6.13. The number of carbonyl (C=O) groups is 2. The number of carbonyl (C=O) groups excluding carboxylic acids is 2. The van der Waals surface area contributed by atoms with E-state index in [4.69, 9.17) is 5.73 Å². The fourth-order valence-corrected chi connectivity index (χ4v) is 2.94. The maximum Gasteiger partial charge on any atom is 0.248 e. The minimum atomic E-state index is -0.487. The Labute approximate surface area is 146 Å². The van der Waals surface area contributed by atoms with Crippen molar-refractivity contribution in [3.8, 4) is 0 Å². The molecule has 2 heterocycles. The lowest BCUT2D eigenvalue weighted by atomic mass is 9.99. The predicted octanol–water partition coefficient (Wildman–Crippen LogP) is 1.40. The van der Waals surface area contributed by atoms with E-state index < -0.39 is 5.91 Å². The van der Waals surface area contributed by atoms with Crippen molar-refractivity contribution in [2.45, 2.75) is 19.4 Å². The Morgan fingerprint density at radius 2 is 2.24 bits per heavy atom. The van der Waals surface area contributed by atoms with Crippen molar-refractivity contribution in [1.29, 1.82) is 0 Å². The van der Waals surface area contributed by atoms with Crippen LogP contribution in [0, 0.1) is 0 Å². The standard InChI is InChI=1S/C18H21N5O2/c1-22-8-2-3-14-9-13(4-6-16(14)22)5-7-18(25)21-15-10-20-23(11-15)12-17(19)24/h4-7,9-11H,2-3,8,12H2,1H3,(H2,19,24)(H,21,25). The van der Waals surface area contributed by atoms with Gasteiger partial charge in [0.15, 0.2) is 0 Å². The predicted molar refractivity (Wildman–Crippen MR) is 97.1 cm³/mol. The van der Waals surface area contributed by atoms with Gasteiger partial charge in [-0.3, -0.25) is 14.3 Å². The van der Waals surface area contributed by atoms with Gasteiger partial charge < -0.3 is 16.0 Å². The fourth-order valence-electron chi connectivity index (χ4n) is 2.94. The maximum absolute atomic E-state index is 12.0. The van der Waals surface area contributed by atoms with Gasteiger partial charge in [-0.05, 0) is 42.2 Å². The second kappa shape index (κ2) is 7.21. The Morgan fingerprint density at radius 1 is 1.40 bits per heavy atom. The highest BCUT2D eigenvalue weighted by Crippen LogP contribution is 2.27. The largest absolute Gasteiger partial charge is 0.374 e. The number of nitrogens with one attached hydrogen (secondary N) is 1. The number of nitrogens with two attached hydrogens (primary N) is 1. The molecule has 7 heteroatoms. The molecule has 1 aromatic heterocycles. The van der Waals surface area contributed by atoms with Crippen LogP contribution < -0.4 is 16.0 Å². The van der Waals surface area contributed by atoms with Gasteiger partial charge in [-0.1, -0.05) is 6.07 Å². The van der Waals surface area contributed by atoms with Gasteiger partial charge in [-0.15, -0.1) is 0 Å². The van der Waals surface area contributed by atoms with Gasteiger partial charge >= 0.3 is 0 Å². The number of anilines is 2. The van der Waals surface area contributed by atoms with Gasteiger partial charge in [0, 0.05) is 31.6 Å². The molecule has 25 heavy (non-hydrogen) atoms. The highest BCUT2D eigenvalue weighted by Gasteiger charge is 2.13. The van der Waals surface area contributed by atoms with Gasteiger partial charge in [0.2, 0.25) is 11.8 Å². The van der Waals surface area contributed by atoms with Crippen LogP contribution in [0.2, 0.25) is 0 Å². The van der Waals surface area contributed by atoms with Crippen molar-refractivity contribution < 1.29 is 9.59 Å². The molecule has 130 valence electrons. The van der Waals surface area contributed by atoms with Gasteiger partial charge in [-0.25, -0.2) is 0 Å². The molecule has 2 amide bonds. The summed E-state index contributed by atoms with van der Waals surface area (Å²) in [6.07, 6.45) is 8.52. The first-order valence-corrected chi connectivity index (χ1v) is 8.15. The minimum absolute atomic E-state index is 0.0186. The lowest BCUT2D eigenvalue weighted by Crippen LogP contribution is -2.24. The normalized spacial score (nSPS) is 13.7. The van der Waals surface area contributed by atoms with Gasteiger partial charge in [0.1, 0.15) is 6.54 Å². The van der Waals surface area contributed by atoms with Gasteiger partial charge in [-0.2, -0.15) is 5.10 Å². The Kier molecular flexibility index (Phi) is 4.83. The number of hydrogen-bond acceptors (Lipinski definition) is 4. The quantitative estimate of drug-likeness (QED) is 0.805. The third-order valence-corrected chi connectivity index (χ3v) is 4.10. The summed E-state index contributed by atoms with van der Waals surface area (Å²) in [6, 6.07) is 6.23. The zero-order chi connectivity index (χ0) is 17.8. The Bertz CT molecular complexity index is 825. The van der Waals surface area contributed by atoms with E-state index in [0.29, 0.717) is 5.69 Å². The molecule has 0 fully saturated rings. The van der Waals surface area contributed by atoms with Crippen molar-refractivity contribution >= 4 is 29.3 Å². The Hall–Kier alpha value is -3.09. The molecular formula is C18H21N5O2. The highest BCUT2D eigenvalue weighted by molar-refractivity contribution is 6.01. The number of amides is 2. The van der Waals surface area contributed by atoms with Crippen LogP contribution in [0.5, 0.6) is 0 Å². The number of benzene rings is 1. The van der Waals surface area contributed by atoms with Gasteiger partial charge in [0.05, 0.1) is 11.9 Å². The Balaban J connectivity index is 1.62. The third-order valence-electron chi connectivity index (χ3n) is 4.10. The first-order chi connectivity index (χ1) is 12.0. The summed E-state index contributed by atoms with van der Waals surface area (Å²) < 4.78 is 1.38. The molecule has 3 N–H and O–H groups in total. The van der Waals surface area contributed by atoms with E-state index >= 15 is 0 Å². The van der Waals surface area contributed by atoms with Crippen molar-refractivity contribution in [1.82, 2.24) is 9.78 Å². The first kappa shape index (κ1) is 16.8. The van der Waals surface area contributed by atoms with Crippen molar-refractivity contribution in [2.75, 3.05) is 23.8 Å².